The van der Waals surface area contributed by atoms with Gasteiger partial charge in [-0.3, -0.25) is 4.79 Å². The van der Waals surface area contributed by atoms with Crippen molar-refractivity contribution in [2.75, 3.05) is 6.61 Å². The first kappa shape index (κ1) is 14.7. The monoisotopic (exact) mass is 289 g/mol. The number of fused-ring (bicyclic) bond motifs is 1. The van der Waals surface area contributed by atoms with Crippen molar-refractivity contribution in [2.45, 2.75) is 20.4 Å². The van der Waals surface area contributed by atoms with Gasteiger partial charge in [0.1, 0.15) is 0 Å². The summed E-state index contributed by atoms with van der Waals surface area (Å²) >= 11 is 0. The van der Waals surface area contributed by atoms with Gasteiger partial charge in [0.25, 0.3) is 0 Å². The van der Waals surface area contributed by atoms with Gasteiger partial charge in [-0.25, -0.2) is 4.79 Å². The van der Waals surface area contributed by atoms with E-state index >= 15 is 0 Å². The molecule has 7 nitrogen and oxygen atoms in total. The summed E-state index contributed by atoms with van der Waals surface area (Å²) in [5.74, 6) is -2.27. The van der Waals surface area contributed by atoms with Gasteiger partial charge in [0.05, 0.1) is 12.1 Å². The number of nitrogens with zero attached hydrogens (tertiary/aromatic N) is 3. The van der Waals surface area contributed by atoms with E-state index in [1.807, 2.05) is 19.1 Å². The van der Waals surface area contributed by atoms with Crippen LogP contribution in [0.4, 0.5) is 5.69 Å². The standard InChI is InChI=1S/C14H15N3O4/c1-3-17-10-8-6-5-7-9(10)11(13(17)19)15-16-12(18)14(20)21-4-2/h5-8,19H,3-4H2,1-2H3. The molecule has 1 heterocycles. The van der Waals surface area contributed by atoms with Crippen LogP contribution in [0.1, 0.15) is 13.8 Å². The molecular formula is C14H15N3O4. The van der Waals surface area contributed by atoms with Crippen molar-refractivity contribution in [2.24, 2.45) is 10.2 Å². The maximum Gasteiger partial charge on any atom is 0.400 e. The van der Waals surface area contributed by atoms with Crippen molar-refractivity contribution < 1.29 is 19.4 Å². The number of esters is 1. The van der Waals surface area contributed by atoms with Gasteiger partial charge in [-0.15, -0.1) is 5.11 Å². The van der Waals surface area contributed by atoms with Crippen molar-refractivity contribution >= 4 is 28.5 Å². The average Bonchev–Trinajstić information content (AvgIpc) is 2.76. The fourth-order valence-electron chi connectivity index (χ4n) is 2.02. The van der Waals surface area contributed by atoms with E-state index in [1.54, 1.807) is 23.6 Å². The number of carbonyl (C=O) groups excluding carboxylic acids is 2. The minimum atomic E-state index is -1.11. The molecule has 0 saturated carbocycles. The van der Waals surface area contributed by atoms with E-state index in [0.29, 0.717) is 11.9 Å². The van der Waals surface area contributed by atoms with E-state index in [1.165, 1.54) is 0 Å². The molecule has 110 valence electrons. The van der Waals surface area contributed by atoms with Gasteiger partial charge < -0.3 is 14.4 Å². The number of hydrogen-bond donors (Lipinski definition) is 1. The van der Waals surface area contributed by atoms with Crippen LogP contribution in [-0.2, 0) is 20.9 Å². The molecule has 2 rings (SSSR count). The number of carbonyl (C=O) groups is 2. The number of azo groups is 1. The van der Waals surface area contributed by atoms with Gasteiger partial charge in [-0.05, 0) is 19.9 Å². The zero-order chi connectivity index (χ0) is 15.4. The fraction of sp³-hybridized carbons (Fsp3) is 0.286. The molecule has 0 aliphatic heterocycles. The summed E-state index contributed by atoms with van der Waals surface area (Å²) in [6, 6.07) is 7.20. The van der Waals surface area contributed by atoms with Crippen LogP contribution in [0.15, 0.2) is 34.5 Å². The quantitative estimate of drug-likeness (QED) is 0.533. The third-order valence-corrected chi connectivity index (χ3v) is 2.92. The Bertz CT molecular complexity index is 718. The Kier molecular flexibility index (Phi) is 4.32. The SMILES string of the molecule is CCOC(=O)C(=O)N=Nc1c(O)n(CC)c2ccccc12. The van der Waals surface area contributed by atoms with Crippen molar-refractivity contribution in [3.63, 3.8) is 0 Å². The Morgan fingerprint density at radius 3 is 2.67 bits per heavy atom. The molecule has 0 bridgehead atoms. The van der Waals surface area contributed by atoms with E-state index < -0.39 is 11.9 Å². The van der Waals surface area contributed by atoms with Crippen LogP contribution in [-0.4, -0.2) is 28.2 Å². The summed E-state index contributed by atoms with van der Waals surface area (Å²) in [7, 11) is 0. The summed E-state index contributed by atoms with van der Waals surface area (Å²) in [6.07, 6.45) is 0. The lowest BCUT2D eigenvalue weighted by atomic mass is 10.2. The minimum absolute atomic E-state index is 0.0838. The Hall–Kier alpha value is -2.70. The van der Waals surface area contributed by atoms with Crippen LogP contribution in [0.3, 0.4) is 0 Å². The molecule has 0 saturated heterocycles. The fourth-order valence-corrected chi connectivity index (χ4v) is 2.02. The highest BCUT2D eigenvalue weighted by atomic mass is 16.5. The molecule has 21 heavy (non-hydrogen) atoms. The molecular weight excluding hydrogens is 274 g/mol. The molecule has 1 amide bonds. The number of rotatable bonds is 3. The number of aromatic nitrogens is 1. The number of aryl methyl sites for hydroxylation is 1. The molecule has 0 unspecified atom stereocenters. The summed E-state index contributed by atoms with van der Waals surface area (Å²) in [5.41, 5.74) is 0.931. The van der Waals surface area contributed by atoms with Gasteiger partial charge in [-0.1, -0.05) is 23.3 Å². The van der Waals surface area contributed by atoms with Crippen LogP contribution in [0.5, 0.6) is 5.88 Å². The number of ether oxygens (including phenoxy) is 1. The average molecular weight is 289 g/mol. The van der Waals surface area contributed by atoms with E-state index in [9.17, 15) is 14.7 Å². The number of aromatic hydroxyl groups is 1. The molecule has 2 aromatic rings. The van der Waals surface area contributed by atoms with Crippen LogP contribution in [0.2, 0.25) is 0 Å². The first-order valence-electron chi connectivity index (χ1n) is 6.53. The smallest absolute Gasteiger partial charge is 0.400 e. The van der Waals surface area contributed by atoms with E-state index in [2.05, 4.69) is 15.0 Å². The number of hydrogen-bond acceptors (Lipinski definition) is 5. The lowest BCUT2D eigenvalue weighted by molar-refractivity contribution is -0.153. The minimum Gasteiger partial charge on any atom is -0.493 e. The predicted octanol–water partition coefficient (Wildman–Crippen LogP) is 2.54. The molecule has 0 aliphatic carbocycles. The van der Waals surface area contributed by atoms with Crippen molar-refractivity contribution in [1.82, 2.24) is 4.57 Å². The highest BCUT2D eigenvalue weighted by Crippen LogP contribution is 2.38. The second-order valence-electron chi connectivity index (χ2n) is 4.16. The summed E-state index contributed by atoms with van der Waals surface area (Å²) in [6.45, 7) is 4.08. The largest absolute Gasteiger partial charge is 0.493 e. The lowest BCUT2D eigenvalue weighted by Gasteiger charge is -2.00. The highest BCUT2D eigenvalue weighted by Gasteiger charge is 2.17. The van der Waals surface area contributed by atoms with E-state index in [4.69, 9.17) is 0 Å². The first-order chi connectivity index (χ1) is 10.1. The maximum atomic E-state index is 11.4. The third-order valence-electron chi connectivity index (χ3n) is 2.92. The molecule has 0 radical (unpaired) electrons. The molecule has 0 spiro atoms. The van der Waals surface area contributed by atoms with Crippen molar-refractivity contribution in [3.05, 3.63) is 24.3 Å². The number of benzene rings is 1. The van der Waals surface area contributed by atoms with Gasteiger partial charge >= 0.3 is 11.9 Å². The van der Waals surface area contributed by atoms with Gasteiger partial charge in [-0.2, -0.15) is 0 Å². The van der Waals surface area contributed by atoms with E-state index in [0.717, 1.165) is 5.52 Å². The molecule has 1 aromatic heterocycles. The normalized spacial score (nSPS) is 11.1. The zero-order valence-electron chi connectivity index (χ0n) is 11.7. The van der Waals surface area contributed by atoms with Crippen LogP contribution in [0, 0.1) is 0 Å². The predicted molar refractivity (Wildman–Crippen MR) is 75.4 cm³/mol. The second-order valence-corrected chi connectivity index (χ2v) is 4.16. The van der Waals surface area contributed by atoms with Crippen LogP contribution in [0.25, 0.3) is 10.9 Å². The van der Waals surface area contributed by atoms with Gasteiger partial charge in [0.15, 0.2) is 5.69 Å². The molecule has 0 fully saturated rings. The molecule has 1 aromatic carbocycles. The first-order valence-corrected chi connectivity index (χ1v) is 6.53. The zero-order valence-corrected chi connectivity index (χ0v) is 11.7. The second kappa shape index (κ2) is 6.17. The molecule has 0 atom stereocenters. The Labute approximate surface area is 120 Å². The highest BCUT2D eigenvalue weighted by molar-refractivity contribution is 6.32. The molecule has 1 N–H and O–H groups in total. The number of amides is 1. The van der Waals surface area contributed by atoms with Gasteiger partial charge in [0, 0.05) is 11.9 Å². The summed E-state index contributed by atoms with van der Waals surface area (Å²) < 4.78 is 6.16. The lowest BCUT2D eigenvalue weighted by Crippen LogP contribution is -2.14. The topological polar surface area (TPSA) is 93.2 Å². The van der Waals surface area contributed by atoms with E-state index in [-0.39, 0.29) is 18.2 Å². The maximum absolute atomic E-state index is 11.4. The van der Waals surface area contributed by atoms with Crippen LogP contribution < -0.4 is 0 Å². The Balaban J connectivity index is 2.41. The third kappa shape index (κ3) is 2.76. The summed E-state index contributed by atoms with van der Waals surface area (Å²) in [4.78, 5) is 22.6. The Morgan fingerprint density at radius 2 is 2.00 bits per heavy atom. The van der Waals surface area contributed by atoms with Crippen molar-refractivity contribution in [1.29, 1.82) is 0 Å². The van der Waals surface area contributed by atoms with Gasteiger partial charge in [0.2, 0.25) is 5.88 Å². The van der Waals surface area contributed by atoms with Crippen molar-refractivity contribution in [3.8, 4) is 5.88 Å². The molecule has 7 heteroatoms. The molecule has 0 aliphatic rings. The summed E-state index contributed by atoms with van der Waals surface area (Å²) in [5, 5.41) is 17.8. The number of para-hydroxylation sites is 1. The Morgan fingerprint density at radius 1 is 1.29 bits per heavy atom. The van der Waals surface area contributed by atoms with Crippen LogP contribution >= 0.6 is 0 Å².